The molecule has 21 heavy (non-hydrogen) atoms. The van der Waals surface area contributed by atoms with Crippen molar-refractivity contribution in [3.05, 3.63) is 70.8 Å². The number of carbonyl (C=O) groups is 1. The first-order valence-electron chi connectivity index (χ1n) is 7.51. The van der Waals surface area contributed by atoms with Crippen molar-refractivity contribution in [3.63, 3.8) is 0 Å². The maximum absolute atomic E-state index is 12.6. The molecule has 2 aromatic rings. The molecule has 2 nitrogen and oxygen atoms in total. The number of carbonyl (C=O) groups excluding carboxylic acids is 1. The van der Waals surface area contributed by atoms with Gasteiger partial charge in [0.2, 0.25) is 5.91 Å². The SMILES string of the molecule is Cc1ccc(C2(C(=O)NCc3cccc(C)c3)CC2)cc1. The molecule has 1 saturated carbocycles. The van der Waals surface area contributed by atoms with Gasteiger partial charge in [0.25, 0.3) is 0 Å². The minimum atomic E-state index is -0.280. The van der Waals surface area contributed by atoms with Gasteiger partial charge >= 0.3 is 0 Å². The molecule has 0 atom stereocenters. The summed E-state index contributed by atoms with van der Waals surface area (Å²) in [6, 6.07) is 16.6. The van der Waals surface area contributed by atoms with Crippen LogP contribution in [0.2, 0.25) is 0 Å². The average molecular weight is 279 g/mol. The second-order valence-electron chi connectivity index (χ2n) is 6.12. The van der Waals surface area contributed by atoms with Gasteiger partial charge in [-0.1, -0.05) is 59.7 Å². The molecule has 1 N–H and O–H groups in total. The van der Waals surface area contributed by atoms with Crippen LogP contribution in [0.15, 0.2) is 48.5 Å². The Morgan fingerprint density at radius 1 is 1.05 bits per heavy atom. The van der Waals surface area contributed by atoms with Crippen LogP contribution in [-0.2, 0) is 16.8 Å². The Labute approximate surface area is 126 Å². The quantitative estimate of drug-likeness (QED) is 0.909. The zero-order valence-electron chi connectivity index (χ0n) is 12.6. The first-order chi connectivity index (χ1) is 10.1. The standard InChI is InChI=1S/C19H21NO/c1-14-6-8-17(9-7-14)19(10-11-19)18(21)20-13-16-5-3-4-15(2)12-16/h3-9,12H,10-11,13H2,1-2H3,(H,20,21). The highest BCUT2D eigenvalue weighted by Gasteiger charge is 2.50. The Morgan fingerprint density at radius 3 is 2.38 bits per heavy atom. The summed E-state index contributed by atoms with van der Waals surface area (Å²) in [5.41, 5.74) is 4.48. The van der Waals surface area contributed by atoms with E-state index in [9.17, 15) is 4.79 Å². The molecular weight excluding hydrogens is 258 g/mol. The van der Waals surface area contributed by atoms with Crippen LogP contribution in [0, 0.1) is 13.8 Å². The van der Waals surface area contributed by atoms with Gasteiger partial charge in [0.05, 0.1) is 5.41 Å². The lowest BCUT2D eigenvalue weighted by molar-refractivity contribution is -0.123. The molecule has 1 aliphatic carbocycles. The Balaban J connectivity index is 1.69. The van der Waals surface area contributed by atoms with Crippen molar-refractivity contribution in [1.82, 2.24) is 5.32 Å². The molecule has 108 valence electrons. The topological polar surface area (TPSA) is 29.1 Å². The van der Waals surface area contributed by atoms with Crippen molar-refractivity contribution in [2.75, 3.05) is 0 Å². The van der Waals surface area contributed by atoms with Gasteiger partial charge in [-0.15, -0.1) is 0 Å². The van der Waals surface area contributed by atoms with E-state index in [2.05, 4.69) is 61.6 Å². The maximum atomic E-state index is 12.6. The summed E-state index contributed by atoms with van der Waals surface area (Å²) in [5.74, 6) is 0.160. The van der Waals surface area contributed by atoms with E-state index in [-0.39, 0.29) is 11.3 Å². The fourth-order valence-electron chi connectivity index (χ4n) is 2.82. The van der Waals surface area contributed by atoms with Crippen molar-refractivity contribution < 1.29 is 4.79 Å². The van der Waals surface area contributed by atoms with E-state index in [0.29, 0.717) is 6.54 Å². The predicted octanol–water partition coefficient (Wildman–Crippen LogP) is 3.65. The van der Waals surface area contributed by atoms with Gasteiger partial charge in [-0.2, -0.15) is 0 Å². The normalized spacial score (nSPS) is 15.5. The van der Waals surface area contributed by atoms with Gasteiger partial charge in [0.15, 0.2) is 0 Å². The van der Waals surface area contributed by atoms with Crippen molar-refractivity contribution in [3.8, 4) is 0 Å². The van der Waals surface area contributed by atoms with Gasteiger partial charge < -0.3 is 5.32 Å². The van der Waals surface area contributed by atoms with E-state index in [1.54, 1.807) is 0 Å². The Bertz CT molecular complexity index is 654. The summed E-state index contributed by atoms with van der Waals surface area (Å²) in [4.78, 5) is 12.6. The van der Waals surface area contributed by atoms with Crippen molar-refractivity contribution >= 4 is 5.91 Å². The zero-order chi connectivity index (χ0) is 14.9. The zero-order valence-corrected chi connectivity index (χ0v) is 12.6. The number of amides is 1. The van der Waals surface area contributed by atoms with Crippen LogP contribution in [-0.4, -0.2) is 5.91 Å². The Morgan fingerprint density at radius 2 is 1.76 bits per heavy atom. The van der Waals surface area contributed by atoms with E-state index in [4.69, 9.17) is 0 Å². The largest absolute Gasteiger partial charge is 0.351 e. The molecule has 0 spiro atoms. The van der Waals surface area contributed by atoms with Crippen molar-refractivity contribution in [2.24, 2.45) is 0 Å². The molecule has 0 saturated heterocycles. The van der Waals surface area contributed by atoms with Crippen LogP contribution in [0.25, 0.3) is 0 Å². The van der Waals surface area contributed by atoms with Crippen LogP contribution >= 0.6 is 0 Å². The summed E-state index contributed by atoms with van der Waals surface area (Å²) in [7, 11) is 0. The Hall–Kier alpha value is -2.09. The van der Waals surface area contributed by atoms with Crippen molar-refractivity contribution in [2.45, 2.75) is 38.6 Å². The van der Waals surface area contributed by atoms with Crippen LogP contribution in [0.1, 0.15) is 35.1 Å². The highest BCUT2D eigenvalue weighted by Crippen LogP contribution is 2.48. The minimum absolute atomic E-state index is 0.160. The molecule has 1 fully saturated rings. The van der Waals surface area contributed by atoms with Crippen LogP contribution in [0.5, 0.6) is 0 Å². The maximum Gasteiger partial charge on any atom is 0.230 e. The number of nitrogens with one attached hydrogen (secondary N) is 1. The molecule has 0 heterocycles. The third kappa shape index (κ3) is 2.85. The summed E-state index contributed by atoms with van der Waals surface area (Å²) >= 11 is 0. The number of hydrogen-bond donors (Lipinski definition) is 1. The van der Waals surface area contributed by atoms with Crippen LogP contribution in [0.4, 0.5) is 0 Å². The first kappa shape index (κ1) is 13.9. The highest BCUT2D eigenvalue weighted by atomic mass is 16.2. The highest BCUT2D eigenvalue weighted by molar-refractivity contribution is 5.91. The third-order valence-electron chi connectivity index (χ3n) is 4.32. The second kappa shape index (κ2) is 5.36. The van der Waals surface area contributed by atoms with E-state index in [1.165, 1.54) is 11.1 Å². The Kier molecular flexibility index (Phi) is 3.54. The third-order valence-corrected chi connectivity index (χ3v) is 4.32. The van der Waals surface area contributed by atoms with Gasteiger partial charge in [-0.3, -0.25) is 4.79 Å². The summed E-state index contributed by atoms with van der Waals surface area (Å²) in [6.45, 7) is 4.75. The number of rotatable bonds is 4. The van der Waals surface area contributed by atoms with E-state index in [0.717, 1.165) is 24.0 Å². The van der Waals surface area contributed by atoms with Gasteiger partial charge in [-0.05, 0) is 37.8 Å². The van der Waals surface area contributed by atoms with Crippen molar-refractivity contribution in [1.29, 1.82) is 0 Å². The fraction of sp³-hybridized carbons (Fsp3) is 0.316. The molecule has 0 bridgehead atoms. The summed E-state index contributed by atoms with van der Waals surface area (Å²) in [5, 5.41) is 3.10. The molecule has 0 aliphatic heterocycles. The number of benzene rings is 2. The van der Waals surface area contributed by atoms with Gasteiger partial charge in [0.1, 0.15) is 0 Å². The molecule has 2 heteroatoms. The smallest absolute Gasteiger partial charge is 0.230 e. The molecule has 1 amide bonds. The summed E-state index contributed by atoms with van der Waals surface area (Å²) in [6.07, 6.45) is 1.91. The molecule has 3 rings (SSSR count). The molecule has 0 radical (unpaired) electrons. The second-order valence-corrected chi connectivity index (χ2v) is 6.12. The molecule has 0 aromatic heterocycles. The molecule has 0 unspecified atom stereocenters. The number of aryl methyl sites for hydroxylation is 2. The molecule has 2 aromatic carbocycles. The lowest BCUT2D eigenvalue weighted by atomic mass is 9.94. The first-order valence-corrected chi connectivity index (χ1v) is 7.51. The summed E-state index contributed by atoms with van der Waals surface area (Å²) < 4.78 is 0. The lowest BCUT2D eigenvalue weighted by Crippen LogP contribution is -2.34. The average Bonchev–Trinajstić information content (AvgIpc) is 3.27. The monoisotopic (exact) mass is 279 g/mol. The van der Waals surface area contributed by atoms with Gasteiger partial charge in [-0.25, -0.2) is 0 Å². The van der Waals surface area contributed by atoms with E-state index < -0.39 is 0 Å². The van der Waals surface area contributed by atoms with E-state index in [1.807, 2.05) is 6.07 Å². The van der Waals surface area contributed by atoms with Gasteiger partial charge in [0, 0.05) is 6.54 Å². The molecule has 1 aliphatic rings. The minimum Gasteiger partial charge on any atom is -0.351 e. The van der Waals surface area contributed by atoms with E-state index >= 15 is 0 Å². The molecular formula is C19H21NO. The van der Waals surface area contributed by atoms with Crippen LogP contribution < -0.4 is 5.32 Å². The lowest BCUT2D eigenvalue weighted by Gasteiger charge is -2.16. The predicted molar refractivity (Wildman–Crippen MR) is 85.1 cm³/mol. The number of hydrogen-bond acceptors (Lipinski definition) is 1. The fourth-order valence-corrected chi connectivity index (χ4v) is 2.82. The van der Waals surface area contributed by atoms with Crippen LogP contribution in [0.3, 0.4) is 0 Å².